The number of aromatic nitrogens is 2. The highest BCUT2D eigenvalue weighted by Crippen LogP contribution is 2.38. The molecule has 5 rings (SSSR count). The first-order valence-electron chi connectivity index (χ1n) is 11.4. The van der Waals surface area contributed by atoms with Gasteiger partial charge in [-0.15, -0.1) is 0 Å². The zero-order valence-corrected chi connectivity index (χ0v) is 19.7. The van der Waals surface area contributed by atoms with E-state index in [9.17, 15) is 23.1 Å². The van der Waals surface area contributed by atoms with Crippen molar-refractivity contribution in [2.45, 2.75) is 12.7 Å². The molecule has 0 spiro atoms. The summed E-state index contributed by atoms with van der Waals surface area (Å²) >= 11 is 0. The Labute approximate surface area is 210 Å². The lowest BCUT2D eigenvalue weighted by molar-refractivity contribution is -0.137. The summed E-state index contributed by atoms with van der Waals surface area (Å²) in [6.07, 6.45) is -1.33. The van der Waals surface area contributed by atoms with Crippen molar-refractivity contribution in [2.75, 3.05) is 7.11 Å². The predicted molar refractivity (Wildman–Crippen MR) is 135 cm³/mol. The average Bonchev–Trinajstić information content (AvgIpc) is 3.22. The number of alkyl halides is 3. The van der Waals surface area contributed by atoms with Crippen LogP contribution in [0.25, 0.3) is 33.2 Å². The third-order valence-corrected chi connectivity index (χ3v) is 6.23. The van der Waals surface area contributed by atoms with Crippen LogP contribution in [0, 0.1) is 0 Å². The smallest absolute Gasteiger partial charge is 0.416 e. The van der Waals surface area contributed by atoms with E-state index in [0.29, 0.717) is 33.3 Å². The number of carboxylic acids is 1. The molecule has 8 heteroatoms. The van der Waals surface area contributed by atoms with E-state index in [1.54, 1.807) is 48.3 Å². The molecule has 0 unspecified atom stereocenters. The van der Waals surface area contributed by atoms with Crippen LogP contribution in [-0.2, 0) is 12.7 Å². The van der Waals surface area contributed by atoms with E-state index in [0.717, 1.165) is 23.3 Å². The molecule has 37 heavy (non-hydrogen) atoms. The van der Waals surface area contributed by atoms with Gasteiger partial charge in [0.25, 0.3) is 0 Å². The first-order chi connectivity index (χ1) is 17.8. The molecule has 0 radical (unpaired) electrons. The molecule has 0 aliphatic heterocycles. The summed E-state index contributed by atoms with van der Waals surface area (Å²) in [5.74, 6) is -0.477. The van der Waals surface area contributed by atoms with E-state index < -0.39 is 17.7 Å². The maximum Gasteiger partial charge on any atom is 0.416 e. The van der Waals surface area contributed by atoms with Crippen molar-refractivity contribution >= 4 is 16.9 Å². The Kier molecular flexibility index (Phi) is 6.17. The molecule has 0 saturated heterocycles. The molecule has 0 amide bonds. The molecule has 2 aromatic heterocycles. The number of ether oxygens (including phenoxy) is 1. The van der Waals surface area contributed by atoms with Crippen molar-refractivity contribution in [3.05, 3.63) is 108 Å². The lowest BCUT2D eigenvalue weighted by Crippen LogP contribution is -2.12. The second-order valence-electron chi connectivity index (χ2n) is 8.52. The van der Waals surface area contributed by atoms with Gasteiger partial charge in [0.2, 0.25) is 0 Å². The molecule has 5 nitrogen and oxygen atoms in total. The Balaban J connectivity index is 1.74. The predicted octanol–water partition coefficient (Wildman–Crippen LogP) is 7.14. The summed E-state index contributed by atoms with van der Waals surface area (Å²) in [5.41, 5.74) is 2.94. The van der Waals surface area contributed by atoms with Crippen molar-refractivity contribution in [3.63, 3.8) is 0 Å². The zero-order valence-electron chi connectivity index (χ0n) is 19.7. The van der Waals surface area contributed by atoms with Crippen molar-refractivity contribution in [2.24, 2.45) is 0 Å². The second kappa shape index (κ2) is 9.46. The Morgan fingerprint density at radius 3 is 2.35 bits per heavy atom. The molecule has 2 heterocycles. The maximum atomic E-state index is 13.3. The summed E-state index contributed by atoms with van der Waals surface area (Å²) < 4.78 is 46.8. The fourth-order valence-corrected chi connectivity index (χ4v) is 4.54. The quantitative estimate of drug-likeness (QED) is 0.268. The molecule has 0 saturated carbocycles. The van der Waals surface area contributed by atoms with Crippen molar-refractivity contribution in [1.82, 2.24) is 9.55 Å². The van der Waals surface area contributed by atoms with Gasteiger partial charge in [0.1, 0.15) is 11.4 Å². The first-order valence-corrected chi connectivity index (χ1v) is 11.4. The molecule has 0 aliphatic carbocycles. The highest BCUT2D eigenvalue weighted by Gasteiger charge is 2.31. The van der Waals surface area contributed by atoms with Crippen LogP contribution < -0.4 is 4.74 Å². The molecule has 1 N–H and O–H groups in total. The first kappa shape index (κ1) is 24.1. The topological polar surface area (TPSA) is 64.3 Å². The van der Waals surface area contributed by atoms with E-state index in [1.165, 1.54) is 6.07 Å². The van der Waals surface area contributed by atoms with Crippen molar-refractivity contribution < 1.29 is 27.8 Å². The van der Waals surface area contributed by atoms with Gasteiger partial charge in [0, 0.05) is 41.0 Å². The summed E-state index contributed by atoms with van der Waals surface area (Å²) in [5, 5.41) is 10.9. The number of pyridine rings is 1. The summed E-state index contributed by atoms with van der Waals surface area (Å²) in [4.78, 5) is 16.8. The maximum absolute atomic E-state index is 13.3. The standard InChI is InChI=1S/C29H21F3N2O3/c1-37-23-10-7-19(8-11-23)20-9-12-25-24(15-20)26(21-5-3-13-33-16-21)27(28(35)36)34(25)17-18-4-2-6-22(14-18)29(30,31)32/h2-16H,17H2,1H3,(H,35,36). The SMILES string of the molecule is COc1ccc(-c2ccc3c(c2)c(-c2cccnc2)c(C(=O)O)n3Cc2cccc(C(F)(F)F)c2)cc1. The van der Waals surface area contributed by atoms with Gasteiger partial charge in [-0.2, -0.15) is 13.2 Å². The van der Waals surface area contributed by atoms with Crippen LogP contribution in [0.5, 0.6) is 5.75 Å². The number of methoxy groups -OCH3 is 1. The fraction of sp³-hybridized carbons (Fsp3) is 0.103. The molecule has 5 aromatic rings. The molecule has 0 fully saturated rings. The van der Waals surface area contributed by atoms with Gasteiger partial charge in [-0.05, 0) is 59.2 Å². The van der Waals surface area contributed by atoms with Gasteiger partial charge in [0.05, 0.1) is 12.7 Å². The van der Waals surface area contributed by atoms with Gasteiger partial charge in [-0.3, -0.25) is 4.98 Å². The van der Waals surface area contributed by atoms with Crippen molar-refractivity contribution in [3.8, 4) is 28.0 Å². The third-order valence-electron chi connectivity index (χ3n) is 6.23. The number of carbonyl (C=O) groups is 1. The van der Waals surface area contributed by atoms with Crippen LogP contribution in [0.2, 0.25) is 0 Å². The Morgan fingerprint density at radius 2 is 1.70 bits per heavy atom. The minimum atomic E-state index is -4.50. The highest BCUT2D eigenvalue weighted by atomic mass is 19.4. The number of rotatable bonds is 6. The Hall–Kier alpha value is -4.59. The van der Waals surface area contributed by atoms with Crippen LogP contribution in [0.15, 0.2) is 91.3 Å². The van der Waals surface area contributed by atoms with Crippen LogP contribution in [0.1, 0.15) is 21.6 Å². The number of benzene rings is 3. The van der Waals surface area contributed by atoms with E-state index in [-0.39, 0.29) is 12.2 Å². The average molecular weight is 502 g/mol. The summed E-state index contributed by atoms with van der Waals surface area (Å²) in [6, 6.07) is 21.5. The van der Waals surface area contributed by atoms with Crippen molar-refractivity contribution in [1.29, 1.82) is 0 Å². The van der Waals surface area contributed by atoms with Crippen LogP contribution in [0.3, 0.4) is 0 Å². The van der Waals surface area contributed by atoms with Gasteiger partial charge < -0.3 is 14.4 Å². The van der Waals surface area contributed by atoms with E-state index in [4.69, 9.17) is 4.74 Å². The van der Waals surface area contributed by atoms with E-state index >= 15 is 0 Å². The summed E-state index contributed by atoms with van der Waals surface area (Å²) in [7, 11) is 1.59. The minimum absolute atomic E-state index is 0.0210. The fourth-order valence-electron chi connectivity index (χ4n) is 4.54. The number of hydrogen-bond acceptors (Lipinski definition) is 3. The number of fused-ring (bicyclic) bond motifs is 1. The van der Waals surface area contributed by atoms with E-state index in [2.05, 4.69) is 4.98 Å². The molecule has 186 valence electrons. The second-order valence-corrected chi connectivity index (χ2v) is 8.52. The number of halogens is 3. The largest absolute Gasteiger partial charge is 0.497 e. The summed E-state index contributed by atoms with van der Waals surface area (Å²) in [6.45, 7) is -0.0514. The minimum Gasteiger partial charge on any atom is -0.497 e. The van der Waals surface area contributed by atoms with Crippen LogP contribution in [-0.4, -0.2) is 27.7 Å². The highest BCUT2D eigenvalue weighted by molar-refractivity contribution is 6.09. The molecular weight excluding hydrogens is 481 g/mol. The Bertz CT molecular complexity index is 1590. The molecule has 0 aliphatic rings. The van der Waals surface area contributed by atoms with Gasteiger partial charge in [0.15, 0.2) is 0 Å². The zero-order chi connectivity index (χ0) is 26.2. The van der Waals surface area contributed by atoms with Crippen LogP contribution >= 0.6 is 0 Å². The van der Waals surface area contributed by atoms with Crippen LogP contribution in [0.4, 0.5) is 13.2 Å². The lowest BCUT2D eigenvalue weighted by atomic mass is 9.99. The molecule has 0 bridgehead atoms. The Morgan fingerprint density at radius 1 is 0.946 bits per heavy atom. The third kappa shape index (κ3) is 4.65. The van der Waals surface area contributed by atoms with E-state index in [1.807, 2.05) is 36.4 Å². The van der Waals surface area contributed by atoms with Gasteiger partial charge in [-0.1, -0.05) is 36.4 Å². The lowest BCUT2D eigenvalue weighted by Gasteiger charge is -2.12. The molecular formula is C29H21F3N2O3. The van der Waals surface area contributed by atoms with Gasteiger partial charge >= 0.3 is 12.1 Å². The number of aromatic carboxylic acids is 1. The monoisotopic (exact) mass is 502 g/mol. The number of nitrogens with zero attached hydrogens (tertiary/aromatic N) is 2. The normalized spacial score (nSPS) is 11.6. The van der Waals surface area contributed by atoms with Gasteiger partial charge in [-0.25, -0.2) is 4.79 Å². The molecule has 3 aromatic carbocycles. The molecule has 0 atom stereocenters. The number of hydrogen-bond donors (Lipinski definition) is 1. The number of carboxylic acid groups (broad SMARTS) is 1.